The molecule has 0 saturated carbocycles. The second-order valence-corrected chi connectivity index (χ2v) is 3.53. The second kappa shape index (κ2) is 4.50. The molecular formula is C10H7ClF2N4. The first-order valence-corrected chi connectivity index (χ1v) is 4.94. The Morgan fingerprint density at radius 3 is 2.82 bits per heavy atom. The quantitative estimate of drug-likeness (QED) is 0.811. The molecule has 3 N–H and O–H groups in total. The zero-order valence-electron chi connectivity index (χ0n) is 8.42. The number of benzene rings is 1. The maximum absolute atomic E-state index is 13.3. The molecule has 0 saturated heterocycles. The molecule has 0 bridgehead atoms. The van der Waals surface area contributed by atoms with Crippen molar-refractivity contribution >= 4 is 28.8 Å². The van der Waals surface area contributed by atoms with Crippen molar-refractivity contribution in [2.45, 2.75) is 0 Å². The van der Waals surface area contributed by atoms with Crippen molar-refractivity contribution in [3.63, 3.8) is 0 Å². The summed E-state index contributed by atoms with van der Waals surface area (Å²) in [5, 5.41) is 2.50. The van der Waals surface area contributed by atoms with Gasteiger partial charge in [-0.05, 0) is 23.7 Å². The van der Waals surface area contributed by atoms with Gasteiger partial charge < -0.3 is 11.1 Å². The number of aromatic nitrogens is 2. The molecule has 0 aliphatic carbocycles. The predicted molar refractivity (Wildman–Crippen MR) is 61.1 cm³/mol. The van der Waals surface area contributed by atoms with Gasteiger partial charge in [0.1, 0.15) is 11.6 Å². The van der Waals surface area contributed by atoms with Gasteiger partial charge in [0, 0.05) is 6.07 Å². The smallest absolute Gasteiger partial charge is 0.224 e. The topological polar surface area (TPSA) is 63.8 Å². The number of hydrogen-bond donors (Lipinski definition) is 2. The van der Waals surface area contributed by atoms with E-state index in [0.717, 1.165) is 18.2 Å². The Morgan fingerprint density at radius 1 is 1.29 bits per heavy atom. The zero-order chi connectivity index (χ0) is 12.4. The molecule has 0 spiro atoms. The lowest BCUT2D eigenvalue weighted by molar-refractivity contribution is 0.603. The Morgan fingerprint density at radius 2 is 2.06 bits per heavy atom. The average Bonchev–Trinajstić information content (AvgIpc) is 2.28. The van der Waals surface area contributed by atoms with E-state index in [0.29, 0.717) is 0 Å². The van der Waals surface area contributed by atoms with Crippen LogP contribution in [0.4, 0.5) is 26.0 Å². The fourth-order valence-electron chi connectivity index (χ4n) is 1.19. The third-order valence-electron chi connectivity index (χ3n) is 1.97. The summed E-state index contributed by atoms with van der Waals surface area (Å²) in [6.07, 6.45) is 1.27. The van der Waals surface area contributed by atoms with Gasteiger partial charge in [0.25, 0.3) is 0 Å². The van der Waals surface area contributed by atoms with Crippen molar-refractivity contribution in [1.29, 1.82) is 0 Å². The van der Waals surface area contributed by atoms with E-state index in [-0.39, 0.29) is 22.5 Å². The van der Waals surface area contributed by atoms with Crippen molar-refractivity contribution in [3.05, 3.63) is 41.3 Å². The molecule has 17 heavy (non-hydrogen) atoms. The Labute approximate surface area is 100 Å². The van der Waals surface area contributed by atoms with E-state index in [4.69, 9.17) is 17.3 Å². The molecule has 0 unspecified atom stereocenters. The number of halogens is 3. The van der Waals surface area contributed by atoms with Crippen LogP contribution >= 0.6 is 11.6 Å². The van der Waals surface area contributed by atoms with E-state index in [1.165, 1.54) is 6.20 Å². The van der Waals surface area contributed by atoms with E-state index in [9.17, 15) is 8.78 Å². The van der Waals surface area contributed by atoms with Crippen molar-refractivity contribution < 1.29 is 8.78 Å². The Kier molecular flexibility index (Phi) is 3.06. The molecule has 0 atom stereocenters. The van der Waals surface area contributed by atoms with Gasteiger partial charge in [-0.3, -0.25) is 0 Å². The van der Waals surface area contributed by atoms with Gasteiger partial charge in [-0.25, -0.2) is 13.8 Å². The third kappa shape index (κ3) is 2.59. The molecule has 1 aromatic carbocycles. The van der Waals surface area contributed by atoms with E-state index in [1.54, 1.807) is 0 Å². The molecule has 2 aromatic rings. The first-order valence-electron chi connectivity index (χ1n) is 4.56. The van der Waals surface area contributed by atoms with Gasteiger partial charge in [-0.15, -0.1) is 0 Å². The summed E-state index contributed by atoms with van der Waals surface area (Å²) in [6, 6.07) is 3.00. The highest BCUT2D eigenvalue weighted by Crippen LogP contribution is 2.23. The minimum Gasteiger partial charge on any atom is -0.394 e. The lowest BCUT2D eigenvalue weighted by Crippen LogP contribution is -2.02. The van der Waals surface area contributed by atoms with E-state index >= 15 is 0 Å². The van der Waals surface area contributed by atoms with Crippen molar-refractivity contribution in [2.24, 2.45) is 0 Å². The summed E-state index contributed by atoms with van der Waals surface area (Å²) in [7, 11) is 0. The van der Waals surface area contributed by atoms with Crippen LogP contribution in [0.2, 0.25) is 5.28 Å². The number of nitrogens with two attached hydrogens (primary N) is 1. The zero-order valence-corrected chi connectivity index (χ0v) is 9.17. The van der Waals surface area contributed by atoms with Crippen LogP contribution in [0.1, 0.15) is 0 Å². The summed E-state index contributed by atoms with van der Waals surface area (Å²) in [5.41, 5.74) is 5.66. The highest BCUT2D eigenvalue weighted by Gasteiger charge is 2.08. The van der Waals surface area contributed by atoms with Crippen LogP contribution in [0.3, 0.4) is 0 Å². The number of nitrogen functional groups attached to an aromatic ring is 1. The summed E-state index contributed by atoms with van der Waals surface area (Å²) in [6.45, 7) is 0. The number of hydrogen-bond acceptors (Lipinski definition) is 4. The van der Waals surface area contributed by atoms with Gasteiger partial charge >= 0.3 is 0 Å². The summed E-state index contributed by atoms with van der Waals surface area (Å²) < 4.78 is 26.3. The molecule has 0 radical (unpaired) electrons. The number of nitrogens with zero attached hydrogens (tertiary/aromatic N) is 2. The van der Waals surface area contributed by atoms with E-state index < -0.39 is 11.6 Å². The number of anilines is 3. The minimum atomic E-state index is -0.625. The average molecular weight is 257 g/mol. The SMILES string of the molecule is Nc1cnc(Cl)nc1Nc1cc(F)ccc1F. The van der Waals surface area contributed by atoms with Gasteiger partial charge in [0.15, 0.2) is 5.82 Å². The highest BCUT2D eigenvalue weighted by molar-refractivity contribution is 6.28. The maximum atomic E-state index is 13.3. The molecule has 88 valence electrons. The molecule has 2 rings (SSSR count). The lowest BCUT2D eigenvalue weighted by atomic mass is 10.3. The van der Waals surface area contributed by atoms with Gasteiger partial charge in [0.2, 0.25) is 5.28 Å². The van der Waals surface area contributed by atoms with Crippen molar-refractivity contribution in [3.8, 4) is 0 Å². The van der Waals surface area contributed by atoms with Crippen LogP contribution in [-0.2, 0) is 0 Å². The fraction of sp³-hybridized carbons (Fsp3) is 0. The molecule has 7 heteroatoms. The monoisotopic (exact) mass is 256 g/mol. The summed E-state index contributed by atoms with van der Waals surface area (Å²) in [4.78, 5) is 7.41. The first-order chi connectivity index (χ1) is 8.06. The Hall–Kier alpha value is -1.95. The third-order valence-corrected chi connectivity index (χ3v) is 2.15. The van der Waals surface area contributed by atoms with E-state index in [1.807, 2.05) is 0 Å². The van der Waals surface area contributed by atoms with Gasteiger partial charge in [0.05, 0.1) is 17.6 Å². The van der Waals surface area contributed by atoms with Crippen LogP contribution in [0.15, 0.2) is 24.4 Å². The standard InChI is InChI=1S/C10H7ClF2N4/c11-10-15-4-7(14)9(17-10)16-8-3-5(12)1-2-6(8)13/h1-4H,14H2,(H,15,16,17). The summed E-state index contributed by atoms with van der Waals surface area (Å²) >= 11 is 5.57. The molecule has 0 aliphatic heterocycles. The molecule has 0 fully saturated rings. The van der Waals surface area contributed by atoms with Crippen molar-refractivity contribution in [1.82, 2.24) is 9.97 Å². The Bertz CT molecular complexity index is 512. The fourth-order valence-corrected chi connectivity index (χ4v) is 1.32. The lowest BCUT2D eigenvalue weighted by Gasteiger charge is -2.08. The van der Waals surface area contributed by atoms with Crippen LogP contribution in [0.5, 0.6) is 0 Å². The molecule has 4 nitrogen and oxygen atoms in total. The number of nitrogens with one attached hydrogen (secondary N) is 1. The number of rotatable bonds is 2. The molecular weight excluding hydrogens is 250 g/mol. The van der Waals surface area contributed by atoms with Crippen LogP contribution in [0, 0.1) is 11.6 Å². The second-order valence-electron chi connectivity index (χ2n) is 3.19. The first kappa shape index (κ1) is 11.5. The van der Waals surface area contributed by atoms with Crippen molar-refractivity contribution in [2.75, 3.05) is 11.1 Å². The maximum Gasteiger partial charge on any atom is 0.224 e. The Balaban J connectivity index is 2.37. The predicted octanol–water partition coefficient (Wildman–Crippen LogP) is 2.73. The van der Waals surface area contributed by atoms with Gasteiger partial charge in [-0.2, -0.15) is 4.98 Å². The molecule has 1 heterocycles. The largest absolute Gasteiger partial charge is 0.394 e. The molecule has 0 amide bonds. The normalized spacial score (nSPS) is 10.3. The minimum absolute atomic E-state index is 0.0430. The highest BCUT2D eigenvalue weighted by atomic mass is 35.5. The van der Waals surface area contributed by atoms with Gasteiger partial charge in [-0.1, -0.05) is 0 Å². The molecule has 1 aromatic heterocycles. The summed E-state index contributed by atoms with van der Waals surface area (Å²) in [5.74, 6) is -1.08. The van der Waals surface area contributed by atoms with Crippen LogP contribution in [-0.4, -0.2) is 9.97 Å². The van der Waals surface area contributed by atoms with Crippen LogP contribution < -0.4 is 11.1 Å². The molecule has 0 aliphatic rings. The van der Waals surface area contributed by atoms with Crippen LogP contribution in [0.25, 0.3) is 0 Å². The van der Waals surface area contributed by atoms with E-state index in [2.05, 4.69) is 15.3 Å².